The molecular weight excluding hydrogens is 268 g/mol. The molecule has 0 unspecified atom stereocenters. The number of carbonyl (C=O) groups is 1. The summed E-state index contributed by atoms with van der Waals surface area (Å²) in [6.45, 7) is 3.83. The molecule has 0 radical (unpaired) electrons. The number of rotatable bonds is 6. The molecule has 5 heteroatoms. The highest BCUT2D eigenvalue weighted by Crippen LogP contribution is 2.17. The predicted octanol–water partition coefficient (Wildman–Crippen LogP) is 2.23. The summed E-state index contributed by atoms with van der Waals surface area (Å²) in [6, 6.07) is 9.02. The van der Waals surface area contributed by atoms with Gasteiger partial charge >= 0.3 is 0 Å². The van der Waals surface area contributed by atoms with E-state index in [4.69, 9.17) is 14.7 Å². The molecule has 0 saturated carbocycles. The zero-order valence-electron chi connectivity index (χ0n) is 12.2. The smallest absolute Gasteiger partial charge is 0.254 e. The summed E-state index contributed by atoms with van der Waals surface area (Å²) in [5.41, 5.74) is 0.566. The second kappa shape index (κ2) is 7.65. The normalized spacial score (nSPS) is 17.2. The predicted molar refractivity (Wildman–Crippen MR) is 78.1 cm³/mol. The van der Waals surface area contributed by atoms with Crippen LogP contribution in [-0.2, 0) is 4.74 Å². The van der Waals surface area contributed by atoms with E-state index in [-0.39, 0.29) is 18.6 Å². The second-order valence-corrected chi connectivity index (χ2v) is 4.95. The Morgan fingerprint density at radius 1 is 1.48 bits per heavy atom. The number of nitrogens with zero attached hydrogens (tertiary/aromatic N) is 2. The van der Waals surface area contributed by atoms with Crippen molar-refractivity contribution in [1.82, 2.24) is 4.90 Å². The maximum atomic E-state index is 12.2. The lowest BCUT2D eigenvalue weighted by atomic mass is 10.2. The summed E-state index contributed by atoms with van der Waals surface area (Å²) in [5, 5.41) is 8.71. The van der Waals surface area contributed by atoms with E-state index in [1.54, 1.807) is 24.3 Å². The number of benzene rings is 1. The Hall–Kier alpha value is -2.06. The molecule has 5 nitrogen and oxygen atoms in total. The summed E-state index contributed by atoms with van der Waals surface area (Å²) in [5.74, 6) is 0.593. The SMILES string of the molecule is CCN(CC#N)C(=O)c1ccc(OC[C@H]2CCCO2)cc1. The molecule has 1 saturated heterocycles. The second-order valence-electron chi connectivity index (χ2n) is 4.95. The Morgan fingerprint density at radius 3 is 2.81 bits per heavy atom. The fraction of sp³-hybridized carbons (Fsp3) is 0.500. The first kappa shape index (κ1) is 15.3. The van der Waals surface area contributed by atoms with Gasteiger partial charge in [-0.2, -0.15) is 5.26 Å². The molecule has 0 bridgehead atoms. The van der Waals surface area contributed by atoms with Crippen molar-refractivity contribution in [3.63, 3.8) is 0 Å². The van der Waals surface area contributed by atoms with Crippen molar-refractivity contribution in [2.45, 2.75) is 25.9 Å². The summed E-state index contributed by atoms with van der Waals surface area (Å²) in [7, 11) is 0. The van der Waals surface area contributed by atoms with Crippen LogP contribution in [-0.4, -0.2) is 43.2 Å². The minimum absolute atomic E-state index is 0.104. The van der Waals surface area contributed by atoms with E-state index >= 15 is 0 Å². The van der Waals surface area contributed by atoms with Crippen molar-refractivity contribution in [1.29, 1.82) is 5.26 Å². The molecule has 21 heavy (non-hydrogen) atoms. The Morgan fingerprint density at radius 2 is 2.24 bits per heavy atom. The third-order valence-electron chi connectivity index (χ3n) is 3.49. The molecule has 0 spiro atoms. The van der Waals surface area contributed by atoms with Gasteiger partial charge in [-0.3, -0.25) is 4.79 Å². The molecule has 112 valence electrons. The van der Waals surface area contributed by atoms with Crippen LogP contribution < -0.4 is 4.74 Å². The monoisotopic (exact) mass is 288 g/mol. The zero-order chi connectivity index (χ0) is 15.1. The molecule has 1 aliphatic rings. The average molecular weight is 288 g/mol. The average Bonchev–Trinajstić information content (AvgIpc) is 3.04. The quantitative estimate of drug-likeness (QED) is 0.753. The van der Waals surface area contributed by atoms with Crippen LogP contribution in [0.1, 0.15) is 30.1 Å². The first-order valence-corrected chi connectivity index (χ1v) is 7.25. The minimum Gasteiger partial charge on any atom is -0.491 e. The Balaban J connectivity index is 1.91. The first-order chi connectivity index (χ1) is 10.2. The fourth-order valence-corrected chi connectivity index (χ4v) is 2.25. The lowest BCUT2D eigenvalue weighted by Gasteiger charge is -2.17. The number of nitriles is 1. The topological polar surface area (TPSA) is 62.6 Å². The molecule has 0 aliphatic carbocycles. The Kier molecular flexibility index (Phi) is 5.59. The van der Waals surface area contributed by atoms with Crippen LogP contribution in [0.15, 0.2) is 24.3 Å². The van der Waals surface area contributed by atoms with Crippen molar-refractivity contribution in [2.75, 3.05) is 26.3 Å². The molecule has 1 amide bonds. The molecule has 0 N–H and O–H groups in total. The van der Waals surface area contributed by atoms with Crippen molar-refractivity contribution >= 4 is 5.91 Å². The van der Waals surface area contributed by atoms with Gasteiger partial charge in [0.1, 0.15) is 18.9 Å². The van der Waals surface area contributed by atoms with E-state index in [0.29, 0.717) is 18.7 Å². The largest absolute Gasteiger partial charge is 0.491 e. The molecule has 1 heterocycles. The van der Waals surface area contributed by atoms with Crippen molar-refractivity contribution < 1.29 is 14.3 Å². The van der Waals surface area contributed by atoms with Crippen molar-refractivity contribution in [3.8, 4) is 11.8 Å². The van der Waals surface area contributed by atoms with E-state index < -0.39 is 0 Å². The highest BCUT2D eigenvalue weighted by molar-refractivity contribution is 5.94. The van der Waals surface area contributed by atoms with Crippen LogP contribution in [0.2, 0.25) is 0 Å². The maximum absolute atomic E-state index is 12.2. The van der Waals surface area contributed by atoms with Gasteiger partial charge in [-0.05, 0) is 44.0 Å². The molecule has 1 aromatic carbocycles. The third kappa shape index (κ3) is 4.20. The molecule has 1 aromatic rings. The fourth-order valence-electron chi connectivity index (χ4n) is 2.25. The van der Waals surface area contributed by atoms with Gasteiger partial charge in [0.2, 0.25) is 0 Å². The Labute approximate surface area is 125 Å². The van der Waals surface area contributed by atoms with Gasteiger partial charge in [-0.25, -0.2) is 0 Å². The molecular formula is C16H20N2O3. The van der Waals surface area contributed by atoms with E-state index in [1.165, 1.54) is 4.90 Å². The lowest BCUT2D eigenvalue weighted by Crippen LogP contribution is -2.31. The third-order valence-corrected chi connectivity index (χ3v) is 3.49. The zero-order valence-corrected chi connectivity index (χ0v) is 12.2. The van der Waals surface area contributed by atoms with Crippen LogP contribution in [0, 0.1) is 11.3 Å². The molecule has 1 fully saturated rings. The van der Waals surface area contributed by atoms with Crippen molar-refractivity contribution in [3.05, 3.63) is 29.8 Å². The Bertz CT molecular complexity index is 501. The standard InChI is InChI=1S/C16H20N2O3/c1-2-18(10-9-17)16(19)13-5-7-14(8-6-13)21-12-15-4-3-11-20-15/h5-8,15H,2-4,10-12H2,1H3/t15-/m1/s1. The van der Waals surface area contributed by atoms with Crippen LogP contribution in [0.5, 0.6) is 5.75 Å². The van der Waals surface area contributed by atoms with Gasteiger partial charge in [-0.1, -0.05) is 0 Å². The first-order valence-electron chi connectivity index (χ1n) is 7.25. The lowest BCUT2D eigenvalue weighted by molar-refractivity contribution is 0.0679. The summed E-state index contributed by atoms with van der Waals surface area (Å²) >= 11 is 0. The molecule has 1 atom stereocenters. The van der Waals surface area contributed by atoms with Crippen LogP contribution in [0.4, 0.5) is 0 Å². The number of hydrogen-bond acceptors (Lipinski definition) is 4. The van der Waals surface area contributed by atoms with E-state index in [1.807, 2.05) is 13.0 Å². The van der Waals surface area contributed by atoms with Crippen LogP contribution >= 0.6 is 0 Å². The maximum Gasteiger partial charge on any atom is 0.254 e. The summed E-state index contributed by atoms with van der Waals surface area (Å²) in [4.78, 5) is 13.7. The van der Waals surface area contributed by atoms with Gasteiger partial charge in [0.25, 0.3) is 5.91 Å². The van der Waals surface area contributed by atoms with Crippen LogP contribution in [0.3, 0.4) is 0 Å². The highest BCUT2D eigenvalue weighted by atomic mass is 16.5. The van der Waals surface area contributed by atoms with Gasteiger partial charge in [-0.15, -0.1) is 0 Å². The highest BCUT2D eigenvalue weighted by Gasteiger charge is 2.16. The summed E-state index contributed by atoms with van der Waals surface area (Å²) < 4.78 is 11.1. The number of ether oxygens (including phenoxy) is 2. The van der Waals surface area contributed by atoms with Crippen molar-refractivity contribution in [2.24, 2.45) is 0 Å². The number of carbonyl (C=O) groups excluding carboxylic acids is 1. The van der Waals surface area contributed by atoms with Gasteiger partial charge in [0, 0.05) is 18.7 Å². The summed E-state index contributed by atoms with van der Waals surface area (Å²) in [6.07, 6.45) is 2.31. The molecule has 0 aromatic heterocycles. The van der Waals surface area contributed by atoms with Crippen LogP contribution in [0.25, 0.3) is 0 Å². The van der Waals surface area contributed by atoms with E-state index in [0.717, 1.165) is 25.2 Å². The minimum atomic E-state index is -0.135. The molecule has 1 aliphatic heterocycles. The van der Waals surface area contributed by atoms with Gasteiger partial charge in [0.15, 0.2) is 0 Å². The number of amides is 1. The number of hydrogen-bond donors (Lipinski definition) is 0. The van der Waals surface area contributed by atoms with E-state index in [2.05, 4.69) is 0 Å². The van der Waals surface area contributed by atoms with Gasteiger partial charge in [0.05, 0.1) is 12.2 Å². The van der Waals surface area contributed by atoms with Gasteiger partial charge < -0.3 is 14.4 Å². The molecule has 2 rings (SSSR count). The van der Waals surface area contributed by atoms with E-state index in [9.17, 15) is 4.79 Å².